The second-order valence-electron chi connectivity index (χ2n) is 4.05. The lowest BCUT2D eigenvalue weighted by Crippen LogP contribution is -2.05. The molecule has 19 heavy (non-hydrogen) atoms. The molecule has 1 aromatic carbocycles. The summed E-state index contributed by atoms with van der Waals surface area (Å²) in [7, 11) is 0. The SMILES string of the molecule is Cc1noc(Cn2c(N)nc3c(F)cc(F)cc32)n1. The average Bonchev–Trinajstić information content (AvgIpc) is 2.87. The Hall–Kier alpha value is -2.51. The third-order valence-electron chi connectivity index (χ3n) is 2.66. The van der Waals surface area contributed by atoms with Crippen LogP contribution in [0.15, 0.2) is 16.7 Å². The van der Waals surface area contributed by atoms with Crippen molar-refractivity contribution in [1.29, 1.82) is 0 Å². The van der Waals surface area contributed by atoms with Crippen LogP contribution in [0.4, 0.5) is 14.7 Å². The average molecular weight is 265 g/mol. The van der Waals surface area contributed by atoms with Crippen LogP contribution in [0.2, 0.25) is 0 Å². The number of hydrogen-bond donors (Lipinski definition) is 1. The molecule has 0 amide bonds. The molecule has 3 rings (SSSR count). The highest BCUT2D eigenvalue weighted by Gasteiger charge is 2.15. The molecule has 8 heteroatoms. The maximum absolute atomic E-state index is 13.6. The van der Waals surface area contributed by atoms with Gasteiger partial charge in [-0.2, -0.15) is 4.98 Å². The van der Waals surface area contributed by atoms with Crippen molar-refractivity contribution < 1.29 is 13.3 Å². The summed E-state index contributed by atoms with van der Waals surface area (Å²) in [6, 6.07) is 1.92. The third kappa shape index (κ3) is 1.90. The van der Waals surface area contributed by atoms with Crippen LogP contribution < -0.4 is 5.73 Å². The zero-order valence-corrected chi connectivity index (χ0v) is 9.89. The number of nitrogens with zero attached hydrogens (tertiary/aromatic N) is 4. The van der Waals surface area contributed by atoms with E-state index in [0.29, 0.717) is 5.82 Å². The number of anilines is 1. The fourth-order valence-corrected chi connectivity index (χ4v) is 1.87. The summed E-state index contributed by atoms with van der Waals surface area (Å²) in [5, 5.41) is 3.63. The molecule has 3 aromatic rings. The number of aryl methyl sites for hydroxylation is 1. The molecule has 0 bridgehead atoms. The maximum Gasteiger partial charge on any atom is 0.246 e. The lowest BCUT2D eigenvalue weighted by molar-refractivity contribution is 0.369. The van der Waals surface area contributed by atoms with E-state index >= 15 is 0 Å². The molecule has 0 atom stereocenters. The van der Waals surface area contributed by atoms with E-state index in [1.807, 2.05) is 0 Å². The standard InChI is InChI=1S/C11H9F2N5O/c1-5-15-9(19-17-5)4-18-8-3-6(12)2-7(13)10(8)16-11(18)14/h2-3H,4H2,1H3,(H2,14,16). The van der Waals surface area contributed by atoms with Crippen LogP contribution in [-0.4, -0.2) is 19.7 Å². The molecule has 0 aliphatic rings. The third-order valence-corrected chi connectivity index (χ3v) is 2.66. The van der Waals surface area contributed by atoms with Gasteiger partial charge in [0.15, 0.2) is 11.6 Å². The van der Waals surface area contributed by atoms with Gasteiger partial charge in [-0.25, -0.2) is 13.8 Å². The highest BCUT2D eigenvalue weighted by molar-refractivity contribution is 5.79. The molecule has 0 spiro atoms. The summed E-state index contributed by atoms with van der Waals surface area (Å²) in [5.74, 6) is -0.658. The number of imidazole rings is 1. The van der Waals surface area contributed by atoms with Crippen LogP contribution in [-0.2, 0) is 6.54 Å². The highest BCUT2D eigenvalue weighted by Crippen LogP contribution is 2.22. The van der Waals surface area contributed by atoms with Gasteiger partial charge in [-0.15, -0.1) is 0 Å². The fourth-order valence-electron chi connectivity index (χ4n) is 1.87. The van der Waals surface area contributed by atoms with Crippen LogP contribution in [0.3, 0.4) is 0 Å². The summed E-state index contributed by atoms with van der Waals surface area (Å²) in [6.07, 6.45) is 0. The van der Waals surface area contributed by atoms with E-state index in [1.54, 1.807) is 6.92 Å². The number of aromatic nitrogens is 4. The van der Waals surface area contributed by atoms with E-state index < -0.39 is 11.6 Å². The van der Waals surface area contributed by atoms with Crippen LogP contribution in [0.1, 0.15) is 11.7 Å². The van der Waals surface area contributed by atoms with Crippen molar-refractivity contribution in [3.05, 3.63) is 35.5 Å². The van der Waals surface area contributed by atoms with Gasteiger partial charge in [0.1, 0.15) is 17.9 Å². The Morgan fingerprint density at radius 3 is 2.79 bits per heavy atom. The fraction of sp³-hybridized carbons (Fsp3) is 0.182. The van der Waals surface area contributed by atoms with Crippen molar-refractivity contribution >= 4 is 17.0 Å². The first-order valence-electron chi connectivity index (χ1n) is 5.44. The summed E-state index contributed by atoms with van der Waals surface area (Å²) in [6.45, 7) is 1.77. The van der Waals surface area contributed by atoms with Crippen molar-refractivity contribution in [3.63, 3.8) is 0 Å². The normalized spacial score (nSPS) is 11.3. The van der Waals surface area contributed by atoms with Gasteiger partial charge in [0.2, 0.25) is 11.8 Å². The van der Waals surface area contributed by atoms with E-state index in [0.717, 1.165) is 12.1 Å². The molecular weight excluding hydrogens is 256 g/mol. The van der Waals surface area contributed by atoms with Gasteiger partial charge in [0.05, 0.1) is 5.52 Å². The second kappa shape index (κ2) is 4.01. The molecule has 98 valence electrons. The smallest absolute Gasteiger partial charge is 0.246 e. The minimum absolute atomic E-state index is 0.00939. The number of benzene rings is 1. The predicted molar refractivity (Wildman–Crippen MR) is 62.2 cm³/mol. The minimum atomic E-state index is -0.762. The molecule has 2 N–H and O–H groups in total. The molecule has 0 aliphatic heterocycles. The van der Waals surface area contributed by atoms with Crippen LogP contribution in [0, 0.1) is 18.6 Å². The molecule has 0 radical (unpaired) electrons. The van der Waals surface area contributed by atoms with Crippen LogP contribution in [0.5, 0.6) is 0 Å². The summed E-state index contributed by atoms with van der Waals surface area (Å²) in [4.78, 5) is 7.87. The van der Waals surface area contributed by atoms with Gasteiger partial charge in [-0.05, 0) is 6.92 Å². The molecule has 2 heterocycles. The Morgan fingerprint density at radius 2 is 2.11 bits per heavy atom. The van der Waals surface area contributed by atoms with Gasteiger partial charge in [0, 0.05) is 12.1 Å². The highest BCUT2D eigenvalue weighted by atomic mass is 19.1. The van der Waals surface area contributed by atoms with Gasteiger partial charge >= 0.3 is 0 Å². The number of fused-ring (bicyclic) bond motifs is 1. The molecule has 0 unspecified atom stereocenters. The van der Waals surface area contributed by atoms with E-state index in [-0.39, 0.29) is 29.4 Å². The summed E-state index contributed by atoms with van der Waals surface area (Å²) >= 11 is 0. The number of rotatable bonds is 2. The van der Waals surface area contributed by atoms with Crippen molar-refractivity contribution in [3.8, 4) is 0 Å². The van der Waals surface area contributed by atoms with Gasteiger partial charge in [0.25, 0.3) is 0 Å². The van der Waals surface area contributed by atoms with E-state index in [1.165, 1.54) is 4.57 Å². The first-order valence-corrected chi connectivity index (χ1v) is 5.44. The topological polar surface area (TPSA) is 82.8 Å². The Morgan fingerprint density at radius 1 is 1.32 bits per heavy atom. The van der Waals surface area contributed by atoms with Crippen molar-refractivity contribution in [1.82, 2.24) is 19.7 Å². The van der Waals surface area contributed by atoms with Crippen molar-refractivity contribution in [2.45, 2.75) is 13.5 Å². The monoisotopic (exact) mass is 265 g/mol. The van der Waals surface area contributed by atoms with Crippen molar-refractivity contribution in [2.24, 2.45) is 0 Å². The summed E-state index contributed by atoms with van der Waals surface area (Å²) < 4.78 is 33.2. The Balaban J connectivity index is 2.15. The Kier molecular flexibility index (Phi) is 2.44. The molecular formula is C11H9F2N5O. The number of nitrogen functional groups attached to an aromatic ring is 1. The van der Waals surface area contributed by atoms with E-state index in [9.17, 15) is 8.78 Å². The molecule has 0 saturated carbocycles. The predicted octanol–water partition coefficient (Wildman–Crippen LogP) is 1.64. The van der Waals surface area contributed by atoms with Crippen molar-refractivity contribution in [2.75, 3.05) is 5.73 Å². The zero-order chi connectivity index (χ0) is 13.6. The minimum Gasteiger partial charge on any atom is -0.369 e. The lowest BCUT2D eigenvalue weighted by Gasteiger charge is -2.02. The van der Waals surface area contributed by atoms with E-state index in [4.69, 9.17) is 10.3 Å². The van der Waals surface area contributed by atoms with Crippen LogP contribution >= 0.6 is 0 Å². The quantitative estimate of drug-likeness (QED) is 0.761. The van der Waals surface area contributed by atoms with Crippen LogP contribution in [0.25, 0.3) is 11.0 Å². The largest absolute Gasteiger partial charge is 0.369 e. The maximum atomic E-state index is 13.6. The molecule has 6 nitrogen and oxygen atoms in total. The first-order chi connectivity index (χ1) is 9.04. The number of hydrogen-bond acceptors (Lipinski definition) is 5. The molecule has 0 fully saturated rings. The second-order valence-corrected chi connectivity index (χ2v) is 4.05. The Bertz CT molecular complexity index is 764. The Labute approximate surface area is 105 Å². The molecule has 0 aliphatic carbocycles. The molecule has 2 aromatic heterocycles. The van der Waals surface area contributed by atoms with Gasteiger partial charge in [-0.1, -0.05) is 5.16 Å². The van der Waals surface area contributed by atoms with Gasteiger partial charge < -0.3 is 14.8 Å². The van der Waals surface area contributed by atoms with E-state index in [2.05, 4.69) is 15.1 Å². The summed E-state index contributed by atoms with van der Waals surface area (Å²) in [5.41, 5.74) is 5.95. The zero-order valence-electron chi connectivity index (χ0n) is 9.89. The van der Waals surface area contributed by atoms with Gasteiger partial charge in [-0.3, -0.25) is 0 Å². The molecule has 0 saturated heterocycles. The number of halogens is 2. The lowest BCUT2D eigenvalue weighted by atomic mass is 10.3. The first kappa shape index (κ1) is 11.6. The number of nitrogens with two attached hydrogens (primary N) is 1.